The predicted molar refractivity (Wildman–Crippen MR) is 75.0 cm³/mol. The molecule has 0 amide bonds. The van der Waals surface area contributed by atoms with Gasteiger partial charge in [-0.05, 0) is 17.7 Å². The second kappa shape index (κ2) is 7.37. The molecule has 1 aromatic carbocycles. The molecule has 7 nitrogen and oxygen atoms in total. The van der Waals surface area contributed by atoms with Crippen LogP contribution in [0, 0.1) is 0 Å². The summed E-state index contributed by atoms with van der Waals surface area (Å²) in [6.45, 7) is 0.140. The van der Waals surface area contributed by atoms with Gasteiger partial charge in [0.25, 0.3) is 0 Å². The van der Waals surface area contributed by atoms with E-state index in [1.54, 1.807) is 12.1 Å². The highest BCUT2D eigenvalue weighted by molar-refractivity contribution is 5.76. The minimum Gasteiger partial charge on any atom is -0.508 e. The molecular weight excluding hydrogens is 260 g/mol. The number of phenols is 1. The number of esters is 1. The average Bonchev–Trinajstić information content (AvgIpc) is 2.45. The molecular formula is C13H20N4O3. The van der Waals surface area contributed by atoms with Crippen molar-refractivity contribution in [2.75, 3.05) is 13.7 Å². The van der Waals surface area contributed by atoms with Gasteiger partial charge in [-0.1, -0.05) is 12.1 Å². The lowest BCUT2D eigenvalue weighted by Gasteiger charge is -2.24. The molecule has 110 valence electrons. The molecule has 0 bridgehead atoms. The summed E-state index contributed by atoms with van der Waals surface area (Å²) in [6, 6.07) is 5.75. The van der Waals surface area contributed by atoms with E-state index in [-0.39, 0.29) is 12.3 Å². The molecule has 0 fully saturated rings. The number of carbonyl (C=O) groups excluding carboxylic acids is 1. The third kappa shape index (κ3) is 4.45. The minimum absolute atomic E-state index is 0.140. The first kappa shape index (κ1) is 15.8. The highest BCUT2D eigenvalue weighted by atomic mass is 16.5. The average molecular weight is 280 g/mol. The lowest BCUT2D eigenvalue weighted by molar-refractivity contribution is -0.146. The van der Waals surface area contributed by atoms with Gasteiger partial charge in [0.1, 0.15) is 11.8 Å². The molecule has 0 radical (unpaired) electrons. The largest absolute Gasteiger partial charge is 0.508 e. The Bertz CT molecular complexity index is 473. The summed E-state index contributed by atoms with van der Waals surface area (Å²) in [5.74, 6) is 5.49. The van der Waals surface area contributed by atoms with E-state index >= 15 is 0 Å². The van der Waals surface area contributed by atoms with Crippen LogP contribution >= 0.6 is 0 Å². The van der Waals surface area contributed by atoms with Gasteiger partial charge in [0.05, 0.1) is 7.11 Å². The van der Waals surface area contributed by atoms with Crippen LogP contribution in [0.3, 0.4) is 0 Å². The number of nitrogens with zero attached hydrogens (tertiary/aromatic N) is 1. The summed E-state index contributed by atoms with van der Waals surface area (Å²) < 4.78 is 4.73. The van der Waals surface area contributed by atoms with Crippen molar-refractivity contribution in [3.05, 3.63) is 41.7 Å². The summed E-state index contributed by atoms with van der Waals surface area (Å²) in [6.07, 6.45) is 1.72. The van der Waals surface area contributed by atoms with Crippen LogP contribution in [0.25, 0.3) is 0 Å². The Kier molecular flexibility index (Phi) is 5.82. The van der Waals surface area contributed by atoms with Gasteiger partial charge < -0.3 is 26.3 Å². The lowest BCUT2D eigenvalue weighted by atomic mass is 10.1. The number of nitrogens with two attached hydrogens (primary N) is 3. The number of hydrogen-bond acceptors (Lipinski definition) is 7. The van der Waals surface area contributed by atoms with Crippen molar-refractivity contribution < 1.29 is 14.6 Å². The predicted octanol–water partition coefficient (Wildman–Crippen LogP) is -0.589. The second-order valence-electron chi connectivity index (χ2n) is 4.26. The lowest BCUT2D eigenvalue weighted by Crippen LogP contribution is -2.45. The van der Waals surface area contributed by atoms with Crippen molar-refractivity contribution in [2.24, 2.45) is 17.3 Å². The topological polar surface area (TPSA) is 128 Å². The molecule has 0 aromatic heterocycles. The van der Waals surface area contributed by atoms with Gasteiger partial charge in [-0.2, -0.15) is 0 Å². The number of hydrogen-bond donors (Lipinski definition) is 4. The Labute approximate surface area is 117 Å². The summed E-state index contributed by atoms with van der Waals surface area (Å²) in [7, 11) is 1.29. The zero-order valence-corrected chi connectivity index (χ0v) is 11.3. The molecule has 20 heavy (non-hydrogen) atoms. The van der Waals surface area contributed by atoms with Gasteiger partial charge in [-0.3, -0.25) is 0 Å². The van der Waals surface area contributed by atoms with Gasteiger partial charge in [0.2, 0.25) is 0 Å². The molecule has 0 saturated heterocycles. The van der Waals surface area contributed by atoms with Crippen molar-refractivity contribution in [1.29, 1.82) is 0 Å². The van der Waals surface area contributed by atoms with E-state index in [0.29, 0.717) is 12.1 Å². The SMILES string of the molecule is COC(=O)[C@H](Cc1ccc(O)cc1)N(N)/C=C(\N)CN. The first-order chi connectivity index (χ1) is 9.47. The highest BCUT2D eigenvalue weighted by Crippen LogP contribution is 2.13. The van der Waals surface area contributed by atoms with Crippen molar-refractivity contribution >= 4 is 5.97 Å². The van der Waals surface area contributed by atoms with E-state index in [1.807, 2.05) is 0 Å². The van der Waals surface area contributed by atoms with Crippen molar-refractivity contribution in [3.8, 4) is 5.75 Å². The van der Waals surface area contributed by atoms with Crippen LogP contribution < -0.4 is 17.3 Å². The van der Waals surface area contributed by atoms with Crippen LogP contribution in [0.5, 0.6) is 5.75 Å². The number of ether oxygens (including phenoxy) is 1. The van der Waals surface area contributed by atoms with Gasteiger partial charge in [0.15, 0.2) is 0 Å². The van der Waals surface area contributed by atoms with Gasteiger partial charge in [-0.15, -0.1) is 0 Å². The van der Waals surface area contributed by atoms with Crippen molar-refractivity contribution in [2.45, 2.75) is 12.5 Å². The Morgan fingerprint density at radius 3 is 2.55 bits per heavy atom. The third-order valence-electron chi connectivity index (χ3n) is 2.75. The van der Waals surface area contributed by atoms with E-state index in [4.69, 9.17) is 22.0 Å². The van der Waals surface area contributed by atoms with Gasteiger partial charge in [0, 0.05) is 24.9 Å². The van der Waals surface area contributed by atoms with Crippen LogP contribution in [0.15, 0.2) is 36.2 Å². The number of phenolic OH excluding ortho intramolecular Hbond substituents is 1. The molecule has 0 aliphatic heterocycles. The summed E-state index contributed by atoms with van der Waals surface area (Å²) in [4.78, 5) is 11.8. The Hall–Kier alpha value is -2.25. The van der Waals surface area contributed by atoms with Crippen LogP contribution in [0.1, 0.15) is 5.56 Å². The third-order valence-corrected chi connectivity index (χ3v) is 2.75. The van der Waals surface area contributed by atoms with Crippen LogP contribution in [-0.2, 0) is 16.0 Å². The van der Waals surface area contributed by atoms with Crippen molar-refractivity contribution in [1.82, 2.24) is 5.01 Å². The maximum absolute atomic E-state index is 11.8. The quantitative estimate of drug-likeness (QED) is 0.311. The fourth-order valence-electron chi connectivity index (χ4n) is 1.64. The Morgan fingerprint density at radius 2 is 2.05 bits per heavy atom. The number of aromatic hydroxyl groups is 1. The molecule has 1 rings (SSSR count). The molecule has 7 heteroatoms. The molecule has 0 aliphatic rings. The normalized spacial score (nSPS) is 12.8. The smallest absolute Gasteiger partial charge is 0.330 e. The van der Waals surface area contributed by atoms with Crippen LogP contribution in [0.2, 0.25) is 0 Å². The molecule has 0 heterocycles. The van der Waals surface area contributed by atoms with Crippen molar-refractivity contribution in [3.63, 3.8) is 0 Å². The van der Waals surface area contributed by atoms with Crippen LogP contribution in [-0.4, -0.2) is 35.8 Å². The van der Waals surface area contributed by atoms with E-state index in [9.17, 15) is 9.90 Å². The summed E-state index contributed by atoms with van der Waals surface area (Å²) >= 11 is 0. The summed E-state index contributed by atoms with van der Waals surface area (Å²) in [5.41, 5.74) is 12.2. The number of benzene rings is 1. The number of rotatable bonds is 6. The fourth-order valence-corrected chi connectivity index (χ4v) is 1.64. The molecule has 0 spiro atoms. The second-order valence-corrected chi connectivity index (χ2v) is 4.26. The molecule has 7 N–H and O–H groups in total. The van der Waals surface area contributed by atoms with Gasteiger partial charge in [-0.25, -0.2) is 10.6 Å². The molecule has 0 saturated carbocycles. The first-order valence-corrected chi connectivity index (χ1v) is 6.03. The summed E-state index contributed by atoms with van der Waals surface area (Å²) in [5, 5.41) is 10.4. The molecule has 0 unspecified atom stereocenters. The van der Waals surface area contributed by atoms with E-state index < -0.39 is 12.0 Å². The maximum atomic E-state index is 11.8. The fraction of sp³-hybridized carbons (Fsp3) is 0.308. The monoisotopic (exact) mass is 280 g/mol. The van der Waals surface area contributed by atoms with Crippen LogP contribution in [0.4, 0.5) is 0 Å². The van der Waals surface area contributed by atoms with E-state index in [0.717, 1.165) is 5.56 Å². The molecule has 0 aliphatic carbocycles. The Balaban J connectivity index is 2.89. The first-order valence-electron chi connectivity index (χ1n) is 6.03. The standard InChI is InChI=1S/C13H20N4O3/c1-20-13(19)12(17(16)8-10(15)7-14)6-9-2-4-11(18)5-3-9/h2-5,8,12,18H,6-7,14-16H2,1H3/b10-8-/t12-/m0/s1. The highest BCUT2D eigenvalue weighted by Gasteiger charge is 2.23. The number of carbonyl (C=O) groups is 1. The van der Waals surface area contributed by atoms with Gasteiger partial charge >= 0.3 is 5.97 Å². The molecule has 1 aromatic rings. The Morgan fingerprint density at radius 1 is 1.45 bits per heavy atom. The number of methoxy groups -OCH3 is 1. The van der Waals surface area contributed by atoms with E-state index in [2.05, 4.69) is 0 Å². The minimum atomic E-state index is -0.727. The maximum Gasteiger partial charge on any atom is 0.330 e. The zero-order valence-electron chi connectivity index (χ0n) is 11.3. The van der Waals surface area contributed by atoms with E-state index in [1.165, 1.54) is 30.5 Å². The number of hydrazine groups is 1. The zero-order chi connectivity index (χ0) is 15.1. The molecule has 1 atom stereocenters.